The highest BCUT2D eigenvalue weighted by atomic mass is 35.5. The first-order valence-corrected chi connectivity index (χ1v) is 11.1. The van der Waals surface area contributed by atoms with Crippen molar-refractivity contribution in [2.24, 2.45) is 0 Å². The SMILES string of the molecule is CCOC(=O)c1cc(NC(=O)c2cccc(NS(=O)(=O)c3ccccc3)c2)ccc1Cl. The van der Waals surface area contributed by atoms with E-state index in [0.717, 1.165) is 0 Å². The molecule has 0 fully saturated rings. The van der Waals surface area contributed by atoms with Gasteiger partial charge in [0.25, 0.3) is 15.9 Å². The second kappa shape index (κ2) is 9.63. The van der Waals surface area contributed by atoms with Gasteiger partial charge >= 0.3 is 5.97 Å². The summed E-state index contributed by atoms with van der Waals surface area (Å²) in [4.78, 5) is 24.7. The maximum Gasteiger partial charge on any atom is 0.339 e. The normalized spacial score (nSPS) is 10.9. The number of ether oxygens (including phenoxy) is 1. The lowest BCUT2D eigenvalue weighted by Crippen LogP contribution is -2.15. The molecule has 3 rings (SSSR count). The van der Waals surface area contributed by atoms with Crippen molar-refractivity contribution in [1.82, 2.24) is 0 Å². The largest absolute Gasteiger partial charge is 0.462 e. The number of amides is 1. The van der Waals surface area contributed by atoms with Crippen LogP contribution in [0.2, 0.25) is 5.02 Å². The molecule has 3 aromatic carbocycles. The number of hydrogen-bond donors (Lipinski definition) is 2. The van der Waals surface area contributed by atoms with Gasteiger partial charge in [-0.2, -0.15) is 0 Å². The minimum Gasteiger partial charge on any atom is -0.462 e. The Hall–Kier alpha value is -3.36. The van der Waals surface area contributed by atoms with E-state index in [-0.39, 0.29) is 33.3 Å². The fourth-order valence-corrected chi connectivity index (χ4v) is 3.97. The highest BCUT2D eigenvalue weighted by Crippen LogP contribution is 2.23. The van der Waals surface area contributed by atoms with Crippen LogP contribution in [0, 0.1) is 0 Å². The van der Waals surface area contributed by atoms with Crippen LogP contribution in [-0.2, 0) is 14.8 Å². The summed E-state index contributed by atoms with van der Waals surface area (Å²) in [6.07, 6.45) is 0. The van der Waals surface area contributed by atoms with Crippen LogP contribution in [0.25, 0.3) is 0 Å². The minimum atomic E-state index is -3.79. The molecular formula is C22H19ClN2O5S. The summed E-state index contributed by atoms with van der Waals surface area (Å²) in [5.41, 5.74) is 0.930. The van der Waals surface area contributed by atoms with Gasteiger partial charge in [0.2, 0.25) is 0 Å². The summed E-state index contributed by atoms with van der Waals surface area (Å²) in [6, 6.07) is 18.4. The van der Waals surface area contributed by atoms with Crippen molar-refractivity contribution in [3.63, 3.8) is 0 Å². The molecule has 0 heterocycles. The predicted octanol–water partition coefficient (Wildman–Crippen LogP) is 4.57. The maximum absolute atomic E-state index is 12.7. The third kappa shape index (κ3) is 5.62. The first-order valence-electron chi connectivity index (χ1n) is 9.26. The quantitative estimate of drug-likeness (QED) is 0.505. The van der Waals surface area contributed by atoms with Gasteiger partial charge in [-0.05, 0) is 55.5 Å². The Balaban J connectivity index is 1.78. The van der Waals surface area contributed by atoms with Crippen LogP contribution < -0.4 is 10.0 Å². The summed E-state index contributed by atoms with van der Waals surface area (Å²) in [5.74, 6) is -1.08. The average Bonchev–Trinajstić information content (AvgIpc) is 2.75. The lowest BCUT2D eigenvalue weighted by molar-refractivity contribution is 0.0526. The van der Waals surface area contributed by atoms with Gasteiger partial charge in [-0.15, -0.1) is 0 Å². The second-order valence-electron chi connectivity index (χ2n) is 6.37. The van der Waals surface area contributed by atoms with Gasteiger partial charge in [0.1, 0.15) is 0 Å². The number of anilines is 2. The van der Waals surface area contributed by atoms with E-state index in [0.29, 0.717) is 5.69 Å². The number of esters is 1. The molecule has 3 aromatic rings. The van der Waals surface area contributed by atoms with Crippen molar-refractivity contribution in [1.29, 1.82) is 0 Å². The first kappa shape index (κ1) is 22.3. The zero-order valence-corrected chi connectivity index (χ0v) is 18.0. The number of halogens is 1. The molecule has 1 amide bonds. The van der Waals surface area contributed by atoms with Crippen LogP contribution in [0.4, 0.5) is 11.4 Å². The molecule has 0 radical (unpaired) electrons. The van der Waals surface area contributed by atoms with E-state index >= 15 is 0 Å². The van der Waals surface area contributed by atoms with Gasteiger partial charge < -0.3 is 10.1 Å². The number of carbonyl (C=O) groups is 2. The summed E-state index contributed by atoms with van der Waals surface area (Å²) in [5, 5.41) is 2.86. The van der Waals surface area contributed by atoms with Crippen molar-refractivity contribution in [3.8, 4) is 0 Å². The Labute approximate surface area is 185 Å². The van der Waals surface area contributed by atoms with E-state index in [1.807, 2.05) is 0 Å². The molecule has 0 saturated carbocycles. The Morgan fingerprint density at radius 3 is 2.39 bits per heavy atom. The van der Waals surface area contributed by atoms with Crippen LogP contribution in [-0.4, -0.2) is 26.9 Å². The molecule has 0 saturated heterocycles. The van der Waals surface area contributed by atoms with E-state index in [1.54, 1.807) is 43.3 Å². The van der Waals surface area contributed by atoms with E-state index in [2.05, 4.69) is 10.0 Å². The zero-order chi connectivity index (χ0) is 22.4. The summed E-state index contributed by atoms with van der Waals surface area (Å²) < 4.78 is 32.4. The molecule has 0 aliphatic rings. The van der Waals surface area contributed by atoms with Crippen LogP contribution in [0.15, 0.2) is 77.7 Å². The molecule has 0 unspecified atom stereocenters. The molecule has 31 heavy (non-hydrogen) atoms. The number of benzene rings is 3. The second-order valence-corrected chi connectivity index (χ2v) is 8.46. The number of nitrogens with one attached hydrogen (secondary N) is 2. The molecule has 160 valence electrons. The molecule has 0 atom stereocenters. The van der Waals surface area contributed by atoms with Crippen LogP contribution >= 0.6 is 11.6 Å². The molecular weight excluding hydrogens is 440 g/mol. The average molecular weight is 459 g/mol. The summed E-state index contributed by atoms with van der Waals surface area (Å²) in [6.45, 7) is 1.87. The standard InChI is InChI=1S/C22H19ClN2O5S/c1-2-30-22(27)19-14-16(11-12-20(19)23)24-21(26)15-7-6-8-17(13-15)25-31(28,29)18-9-4-3-5-10-18/h3-14,25H,2H2,1H3,(H,24,26). The third-order valence-electron chi connectivity index (χ3n) is 4.15. The number of sulfonamides is 1. The molecule has 0 aromatic heterocycles. The summed E-state index contributed by atoms with van der Waals surface area (Å²) >= 11 is 6.03. The predicted molar refractivity (Wildman–Crippen MR) is 119 cm³/mol. The molecule has 9 heteroatoms. The van der Waals surface area contributed by atoms with Crippen molar-refractivity contribution >= 4 is 44.9 Å². The fraction of sp³-hybridized carbons (Fsp3) is 0.0909. The highest BCUT2D eigenvalue weighted by Gasteiger charge is 2.16. The summed E-state index contributed by atoms with van der Waals surface area (Å²) in [7, 11) is -3.79. The Kier molecular flexibility index (Phi) is 6.94. The van der Waals surface area contributed by atoms with Crippen molar-refractivity contribution < 1.29 is 22.7 Å². The van der Waals surface area contributed by atoms with E-state index in [1.165, 1.54) is 36.4 Å². The van der Waals surface area contributed by atoms with Crippen molar-refractivity contribution in [2.75, 3.05) is 16.6 Å². The highest BCUT2D eigenvalue weighted by molar-refractivity contribution is 7.92. The number of rotatable bonds is 7. The van der Waals surface area contributed by atoms with Crippen molar-refractivity contribution in [3.05, 3.63) is 88.9 Å². The molecule has 0 spiro atoms. The van der Waals surface area contributed by atoms with Gasteiger partial charge in [0.15, 0.2) is 0 Å². The molecule has 0 bridgehead atoms. The van der Waals surface area contributed by atoms with Gasteiger partial charge in [0, 0.05) is 16.9 Å². The molecule has 0 aliphatic carbocycles. The Morgan fingerprint density at radius 1 is 0.935 bits per heavy atom. The van der Waals surface area contributed by atoms with Crippen LogP contribution in [0.1, 0.15) is 27.6 Å². The van der Waals surface area contributed by atoms with Gasteiger partial charge in [-0.25, -0.2) is 13.2 Å². The van der Waals surface area contributed by atoms with E-state index in [9.17, 15) is 18.0 Å². The fourth-order valence-electron chi connectivity index (χ4n) is 2.71. The molecule has 2 N–H and O–H groups in total. The third-order valence-corrected chi connectivity index (χ3v) is 5.88. The lowest BCUT2D eigenvalue weighted by atomic mass is 10.1. The van der Waals surface area contributed by atoms with Crippen LogP contribution in [0.3, 0.4) is 0 Å². The Bertz CT molecular complexity index is 1210. The molecule has 0 aliphatic heterocycles. The topological polar surface area (TPSA) is 102 Å². The van der Waals surface area contributed by atoms with Crippen LogP contribution in [0.5, 0.6) is 0 Å². The maximum atomic E-state index is 12.7. The van der Waals surface area contributed by atoms with Gasteiger partial charge in [0.05, 0.1) is 22.1 Å². The smallest absolute Gasteiger partial charge is 0.339 e. The van der Waals surface area contributed by atoms with Gasteiger partial charge in [-0.1, -0.05) is 35.9 Å². The molecule has 7 nitrogen and oxygen atoms in total. The van der Waals surface area contributed by atoms with E-state index in [4.69, 9.17) is 16.3 Å². The number of carbonyl (C=O) groups excluding carboxylic acids is 2. The Morgan fingerprint density at radius 2 is 1.68 bits per heavy atom. The monoisotopic (exact) mass is 458 g/mol. The lowest BCUT2D eigenvalue weighted by Gasteiger charge is -2.11. The number of hydrogen-bond acceptors (Lipinski definition) is 5. The van der Waals surface area contributed by atoms with E-state index < -0.39 is 21.9 Å². The first-order chi connectivity index (χ1) is 14.8. The van der Waals surface area contributed by atoms with Gasteiger partial charge in [-0.3, -0.25) is 9.52 Å². The van der Waals surface area contributed by atoms with Crippen molar-refractivity contribution in [2.45, 2.75) is 11.8 Å². The zero-order valence-electron chi connectivity index (χ0n) is 16.5. The minimum absolute atomic E-state index is 0.109.